The van der Waals surface area contributed by atoms with Crippen LogP contribution in [0.3, 0.4) is 0 Å². The van der Waals surface area contributed by atoms with Crippen molar-refractivity contribution in [1.29, 1.82) is 0 Å². The van der Waals surface area contributed by atoms with Crippen molar-refractivity contribution in [3.05, 3.63) is 46.1 Å². The van der Waals surface area contributed by atoms with Gasteiger partial charge >= 0.3 is 5.69 Å². The fourth-order valence-corrected chi connectivity index (χ4v) is 6.95. The van der Waals surface area contributed by atoms with Crippen molar-refractivity contribution >= 4 is 28.5 Å². The third-order valence-corrected chi connectivity index (χ3v) is 9.25. The van der Waals surface area contributed by atoms with Crippen molar-refractivity contribution in [1.82, 2.24) is 34.0 Å². The largest absolute Gasteiger partial charge is 0.396 e. The summed E-state index contributed by atoms with van der Waals surface area (Å²) in [5.41, 5.74) is 7.81. The molecule has 3 aromatic rings. The van der Waals surface area contributed by atoms with Crippen LogP contribution in [0.1, 0.15) is 68.3 Å². The lowest BCUT2D eigenvalue weighted by atomic mass is 9.94. The SMILES string of the molecule is Cn1c(=O)n(C2CCC(=O)NC2=O)c2cccc(CN3CCC(CN4CCC(n5cc(N)c(C(F)F)n5)CC4)CC3)c21. The Morgan fingerprint density at radius 2 is 1.74 bits per heavy atom. The first-order valence-electron chi connectivity index (χ1n) is 14.8. The molecule has 1 atom stereocenters. The first-order chi connectivity index (χ1) is 20.2. The number of alkyl halides is 2. The van der Waals surface area contributed by atoms with E-state index in [4.69, 9.17) is 5.73 Å². The predicted octanol–water partition coefficient (Wildman–Crippen LogP) is 2.58. The number of nitrogens with one attached hydrogen (secondary N) is 1. The van der Waals surface area contributed by atoms with E-state index in [0.717, 1.165) is 81.5 Å². The third-order valence-electron chi connectivity index (χ3n) is 9.25. The number of nitrogens with zero attached hydrogens (tertiary/aromatic N) is 6. The van der Waals surface area contributed by atoms with Crippen molar-refractivity contribution in [2.45, 2.75) is 63.6 Å². The molecule has 0 aliphatic carbocycles. The summed E-state index contributed by atoms with van der Waals surface area (Å²) in [5, 5.41) is 6.41. The second-order valence-corrected chi connectivity index (χ2v) is 12.0. The van der Waals surface area contributed by atoms with E-state index < -0.39 is 18.4 Å². The minimum absolute atomic E-state index is 0.0598. The van der Waals surface area contributed by atoms with Gasteiger partial charge in [-0.05, 0) is 62.7 Å². The number of fused-ring (bicyclic) bond motifs is 1. The number of nitrogen functional groups attached to an aromatic ring is 1. The van der Waals surface area contributed by atoms with Gasteiger partial charge in [0.25, 0.3) is 6.43 Å². The molecular weight excluding hydrogens is 546 g/mol. The van der Waals surface area contributed by atoms with Crippen LogP contribution in [-0.4, -0.2) is 73.3 Å². The summed E-state index contributed by atoms with van der Waals surface area (Å²) < 4.78 is 30.9. The Bertz CT molecular complexity index is 1530. The molecule has 0 bridgehead atoms. The zero-order chi connectivity index (χ0) is 29.5. The number of hydrogen-bond donors (Lipinski definition) is 2. The number of benzene rings is 1. The van der Waals surface area contributed by atoms with Gasteiger partial charge in [-0.2, -0.15) is 5.10 Å². The van der Waals surface area contributed by atoms with E-state index in [1.54, 1.807) is 22.5 Å². The highest BCUT2D eigenvalue weighted by Crippen LogP contribution is 2.30. The third kappa shape index (κ3) is 5.47. The number of piperidine rings is 3. The Balaban J connectivity index is 1.04. The Kier molecular flexibility index (Phi) is 7.88. The smallest absolute Gasteiger partial charge is 0.329 e. The molecule has 0 radical (unpaired) electrons. The van der Waals surface area contributed by atoms with Crippen LogP contribution in [0.5, 0.6) is 0 Å². The maximum atomic E-state index is 13.2. The molecule has 42 heavy (non-hydrogen) atoms. The molecule has 3 fully saturated rings. The lowest BCUT2D eigenvalue weighted by Gasteiger charge is -2.37. The van der Waals surface area contributed by atoms with Crippen LogP contribution in [0, 0.1) is 5.92 Å². The standard InChI is InChI=1S/C29H38F2N8O3/c1-35-26-19(3-2-4-22(26)39(29(35)42)23-5-6-24(40)33-28(23)41)16-37-11-7-18(8-12-37)15-36-13-9-20(10-14-36)38-17-21(32)25(34-38)27(30)31/h2-4,17-18,20,23,27H,5-16,32H2,1H3,(H,33,40,41). The lowest BCUT2D eigenvalue weighted by molar-refractivity contribution is -0.135. The zero-order valence-electron chi connectivity index (χ0n) is 23.8. The molecule has 0 saturated carbocycles. The Morgan fingerprint density at radius 1 is 1.02 bits per heavy atom. The summed E-state index contributed by atoms with van der Waals surface area (Å²) >= 11 is 0. The van der Waals surface area contributed by atoms with Gasteiger partial charge in [0.15, 0.2) is 5.69 Å². The molecule has 6 rings (SSSR count). The number of carbonyl (C=O) groups is 2. The highest BCUT2D eigenvalue weighted by molar-refractivity contribution is 6.00. The van der Waals surface area contributed by atoms with E-state index in [0.29, 0.717) is 12.3 Å². The Morgan fingerprint density at radius 3 is 2.40 bits per heavy atom. The molecule has 1 unspecified atom stereocenters. The second-order valence-electron chi connectivity index (χ2n) is 12.0. The van der Waals surface area contributed by atoms with E-state index in [-0.39, 0.29) is 35.4 Å². The Hall–Kier alpha value is -3.58. The number of imide groups is 1. The number of para-hydroxylation sites is 1. The molecule has 11 nitrogen and oxygen atoms in total. The fraction of sp³-hybridized carbons (Fsp3) is 0.586. The number of aromatic nitrogens is 4. The van der Waals surface area contributed by atoms with Gasteiger partial charge in [-0.3, -0.25) is 33.6 Å². The molecule has 0 spiro atoms. The van der Waals surface area contributed by atoms with E-state index in [1.165, 1.54) is 4.57 Å². The molecule has 3 saturated heterocycles. The molecule has 5 heterocycles. The van der Waals surface area contributed by atoms with Gasteiger partial charge in [0.05, 0.1) is 22.8 Å². The number of likely N-dealkylation sites (tertiary alicyclic amines) is 2. The molecule has 3 aliphatic rings. The number of anilines is 1. The molecule has 2 aromatic heterocycles. The van der Waals surface area contributed by atoms with Gasteiger partial charge in [-0.15, -0.1) is 0 Å². The van der Waals surface area contributed by atoms with Crippen LogP contribution < -0.4 is 16.7 Å². The van der Waals surface area contributed by atoms with Gasteiger partial charge in [-0.25, -0.2) is 13.6 Å². The highest BCUT2D eigenvalue weighted by atomic mass is 19.3. The van der Waals surface area contributed by atoms with Crippen LogP contribution in [0.15, 0.2) is 29.2 Å². The van der Waals surface area contributed by atoms with Crippen molar-refractivity contribution in [2.75, 3.05) is 38.5 Å². The molecule has 3 N–H and O–H groups in total. The minimum atomic E-state index is -2.66. The predicted molar refractivity (Wildman–Crippen MR) is 153 cm³/mol. The number of amides is 2. The molecule has 226 valence electrons. The van der Waals surface area contributed by atoms with Crippen molar-refractivity contribution in [3.8, 4) is 0 Å². The van der Waals surface area contributed by atoms with Gasteiger partial charge in [-0.1, -0.05) is 12.1 Å². The molecule has 3 aliphatic heterocycles. The van der Waals surface area contributed by atoms with Gasteiger partial charge < -0.3 is 10.6 Å². The number of rotatable bonds is 7. The second kappa shape index (κ2) is 11.6. The average molecular weight is 585 g/mol. The average Bonchev–Trinajstić information content (AvgIpc) is 3.48. The molecule has 2 amide bonds. The summed E-state index contributed by atoms with van der Waals surface area (Å²) in [6.45, 7) is 5.49. The monoisotopic (exact) mass is 584 g/mol. The lowest BCUT2D eigenvalue weighted by Crippen LogP contribution is -2.44. The summed E-state index contributed by atoms with van der Waals surface area (Å²) in [4.78, 5) is 42.3. The topological polar surface area (TPSA) is 123 Å². The maximum Gasteiger partial charge on any atom is 0.329 e. The maximum absolute atomic E-state index is 13.2. The van der Waals surface area contributed by atoms with Crippen molar-refractivity contribution in [3.63, 3.8) is 0 Å². The van der Waals surface area contributed by atoms with Gasteiger partial charge in [0, 0.05) is 45.8 Å². The van der Waals surface area contributed by atoms with E-state index in [1.807, 2.05) is 18.2 Å². The first kappa shape index (κ1) is 28.5. The number of halogens is 2. The van der Waals surface area contributed by atoms with Crippen LogP contribution in [0.2, 0.25) is 0 Å². The first-order valence-corrected chi connectivity index (χ1v) is 14.8. The van der Waals surface area contributed by atoms with Crippen LogP contribution >= 0.6 is 0 Å². The quantitative estimate of drug-likeness (QED) is 0.409. The van der Waals surface area contributed by atoms with Gasteiger partial charge in [0.2, 0.25) is 11.8 Å². The van der Waals surface area contributed by atoms with Crippen LogP contribution in [-0.2, 0) is 23.2 Å². The number of nitrogens with two attached hydrogens (primary N) is 1. The summed E-state index contributed by atoms with van der Waals surface area (Å²) in [6, 6.07) is 5.26. The molecule has 13 heteroatoms. The van der Waals surface area contributed by atoms with Crippen LogP contribution in [0.25, 0.3) is 11.0 Å². The minimum Gasteiger partial charge on any atom is -0.396 e. The molecule has 1 aromatic carbocycles. The van der Waals surface area contributed by atoms with Gasteiger partial charge in [0.1, 0.15) is 6.04 Å². The Labute approximate surface area is 242 Å². The number of carbonyl (C=O) groups excluding carboxylic acids is 2. The van der Waals surface area contributed by atoms with E-state index >= 15 is 0 Å². The summed E-state index contributed by atoms with van der Waals surface area (Å²) in [5.74, 6) is -0.134. The number of hydrogen-bond acceptors (Lipinski definition) is 7. The van der Waals surface area contributed by atoms with E-state index in [2.05, 4.69) is 20.2 Å². The van der Waals surface area contributed by atoms with Crippen LogP contribution in [0.4, 0.5) is 14.5 Å². The normalized spacial score (nSPS) is 22.0. The highest BCUT2D eigenvalue weighted by Gasteiger charge is 2.32. The number of aryl methyl sites for hydroxylation is 1. The fourth-order valence-electron chi connectivity index (χ4n) is 6.95. The van der Waals surface area contributed by atoms with Crippen molar-refractivity contribution in [2.24, 2.45) is 13.0 Å². The molecular formula is C29H38F2N8O3. The zero-order valence-corrected chi connectivity index (χ0v) is 23.8. The van der Waals surface area contributed by atoms with Crippen molar-refractivity contribution < 1.29 is 18.4 Å². The van der Waals surface area contributed by atoms with E-state index in [9.17, 15) is 23.2 Å². The summed E-state index contributed by atoms with van der Waals surface area (Å²) in [7, 11) is 1.74. The number of imidazole rings is 1. The summed E-state index contributed by atoms with van der Waals surface area (Å²) in [6.07, 6.45) is 3.31.